The summed E-state index contributed by atoms with van der Waals surface area (Å²) in [5, 5.41) is 0.882. The van der Waals surface area contributed by atoms with Crippen molar-refractivity contribution in [1.29, 1.82) is 0 Å². The molecule has 3 aromatic rings. The van der Waals surface area contributed by atoms with E-state index in [4.69, 9.17) is 9.47 Å². The van der Waals surface area contributed by atoms with Crippen molar-refractivity contribution in [3.8, 4) is 17.4 Å². The van der Waals surface area contributed by atoms with Gasteiger partial charge in [-0.05, 0) is 43.7 Å². The van der Waals surface area contributed by atoms with Crippen LogP contribution in [-0.4, -0.2) is 17.1 Å². The Balaban J connectivity index is 2.03. The van der Waals surface area contributed by atoms with Crippen LogP contribution in [0.4, 0.5) is 0 Å². The molecule has 0 aliphatic heterocycles. The molecule has 23 heavy (non-hydrogen) atoms. The summed E-state index contributed by atoms with van der Waals surface area (Å²) in [6.45, 7) is 4.01. The minimum atomic E-state index is 0.524. The molecule has 0 fully saturated rings. The van der Waals surface area contributed by atoms with Gasteiger partial charge in [0.1, 0.15) is 6.33 Å². The molecule has 0 saturated heterocycles. The summed E-state index contributed by atoms with van der Waals surface area (Å²) in [7, 11) is 1.63. The molecule has 0 bridgehead atoms. The van der Waals surface area contributed by atoms with Crippen LogP contribution in [0, 0.1) is 6.92 Å². The van der Waals surface area contributed by atoms with Crippen LogP contribution in [0.3, 0.4) is 0 Å². The molecule has 0 aliphatic rings. The first-order valence-corrected chi connectivity index (χ1v) is 7.41. The quantitative estimate of drug-likeness (QED) is 0.696. The Morgan fingerprint density at radius 2 is 1.87 bits per heavy atom. The smallest absolute Gasteiger partial charge is 0.230 e. The lowest BCUT2D eigenvalue weighted by Gasteiger charge is -2.12. The van der Waals surface area contributed by atoms with Crippen LogP contribution < -0.4 is 9.47 Å². The normalized spacial score (nSPS) is 11.1. The SMILES string of the molecule is C/C=C/c1ccc(Oc2ncnc3ccc(C)cc23)c(OC)c1. The summed E-state index contributed by atoms with van der Waals surface area (Å²) in [4.78, 5) is 8.55. The molecular weight excluding hydrogens is 288 g/mol. The van der Waals surface area contributed by atoms with Crippen molar-refractivity contribution in [2.45, 2.75) is 13.8 Å². The van der Waals surface area contributed by atoms with Crippen molar-refractivity contribution in [3.63, 3.8) is 0 Å². The molecule has 0 saturated carbocycles. The lowest BCUT2D eigenvalue weighted by atomic mass is 10.1. The Kier molecular flexibility index (Phi) is 4.24. The number of benzene rings is 2. The van der Waals surface area contributed by atoms with Gasteiger partial charge in [0.25, 0.3) is 0 Å². The second-order valence-electron chi connectivity index (χ2n) is 5.21. The Hall–Kier alpha value is -2.88. The summed E-state index contributed by atoms with van der Waals surface area (Å²) in [6.07, 6.45) is 5.50. The first-order chi connectivity index (χ1) is 11.2. The number of hydrogen-bond donors (Lipinski definition) is 0. The van der Waals surface area contributed by atoms with Crippen molar-refractivity contribution in [3.05, 3.63) is 59.9 Å². The lowest BCUT2D eigenvalue weighted by Crippen LogP contribution is -1.95. The second-order valence-corrected chi connectivity index (χ2v) is 5.21. The average molecular weight is 306 g/mol. The van der Waals surface area contributed by atoms with E-state index in [2.05, 4.69) is 9.97 Å². The summed E-state index contributed by atoms with van der Waals surface area (Å²) >= 11 is 0. The molecule has 0 aliphatic carbocycles. The number of rotatable bonds is 4. The molecule has 0 N–H and O–H groups in total. The molecule has 1 heterocycles. The first kappa shape index (κ1) is 15.0. The van der Waals surface area contributed by atoms with Crippen LogP contribution >= 0.6 is 0 Å². The van der Waals surface area contributed by atoms with E-state index in [0.29, 0.717) is 17.4 Å². The average Bonchev–Trinajstić information content (AvgIpc) is 2.57. The van der Waals surface area contributed by atoms with E-state index in [-0.39, 0.29) is 0 Å². The predicted molar refractivity (Wildman–Crippen MR) is 92.1 cm³/mol. The van der Waals surface area contributed by atoms with Crippen LogP contribution in [0.25, 0.3) is 17.0 Å². The highest BCUT2D eigenvalue weighted by Crippen LogP contribution is 2.34. The number of aryl methyl sites for hydroxylation is 1. The maximum Gasteiger partial charge on any atom is 0.230 e. The van der Waals surface area contributed by atoms with Gasteiger partial charge in [-0.1, -0.05) is 29.8 Å². The van der Waals surface area contributed by atoms with Crippen LogP contribution in [0.2, 0.25) is 0 Å². The van der Waals surface area contributed by atoms with Crippen molar-refractivity contribution >= 4 is 17.0 Å². The third kappa shape index (κ3) is 3.16. The molecule has 4 heteroatoms. The van der Waals surface area contributed by atoms with Crippen LogP contribution in [0.1, 0.15) is 18.1 Å². The highest BCUT2D eigenvalue weighted by Gasteiger charge is 2.10. The first-order valence-electron chi connectivity index (χ1n) is 7.41. The zero-order valence-corrected chi connectivity index (χ0v) is 13.4. The summed E-state index contributed by atoms with van der Waals surface area (Å²) in [6, 6.07) is 11.8. The van der Waals surface area contributed by atoms with Crippen molar-refractivity contribution in [1.82, 2.24) is 9.97 Å². The monoisotopic (exact) mass is 306 g/mol. The minimum Gasteiger partial charge on any atom is -0.493 e. The van der Waals surface area contributed by atoms with Crippen molar-refractivity contribution < 1.29 is 9.47 Å². The molecule has 4 nitrogen and oxygen atoms in total. The molecule has 0 amide bonds. The standard InChI is InChI=1S/C19H18N2O2/c1-4-5-14-7-9-17(18(11-14)22-3)23-19-15-10-13(2)6-8-16(15)20-12-21-19/h4-12H,1-3H3/b5-4+. The molecule has 3 rings (SSSR count). The molecule has 0 atom stereocenters. The number of methoxy groups -OCH3 is 1. The summed E-state index contributed by atoms with van der Waals surface area (Å²) < 4.78 is 11.4. The largest absolute Gasteiger partial charge is 0.493 e. The number of hydrogen-bond acceptors (Lipinski definition) is 4. The van der Waals surface area contributed by atoms with E-state index in [1.165, 1.54) is 6.33 Å². The van der Waals surface area contributed by atoms with Crippen LogP contribution in [-0.2, 0) is 0 Å². The Morgan fingerprint density at radius 1 is 1.00 bits per heavy atom. The zero-order valence-electron chi connectivity index (χ0n) is 13.4. The summed E-state index contributed by atoms with van der Waals surface area (Å²) in [5.41, 5.74) is 3.04. The van der Waals surface area contributed by atoms with Gasteiger partial charge in [-0.2, -0.15) is 0 Å². The molecule has 0 unspecified atom stereocenters. The van der Waals surface area contributed by atoms with E-state index in [1.807, 2.05) is 62.4 Å². The molecular formula is C19H18N2O2. The van der Waals surface area contributed by atoms with Gasteiger partial charge in [-0.15, -0.1) is 0 Å². The van der Waals surface area contributed by atoms with E-state index in [9.17, 15) is 0 Å². The number of ether oxygens (including phenoxy) is 2. The van der Waals surface area contributed by atoms with Gasteiger partial charge in [0, 0.05) is 0 Å². The van der Waals surface area contributed by atoms with Crippen LogP contribution in [0.15, 0.2) is 48.8 Å². The summed E-state index contributed by atoms with van der Waals surface area (Å²) in [5.74, 6) is 1.82. The molecule has 2 aromatic carbocycles. The Morgan fingerprint density at radius 3 is 2.65 bits per heavy atom. The number of nitrogens with zero attached hydrogens (tertiary/aromatic N) is 2. The molecule has 0 spiro atoms. The highest BCUT2D eigenvalue weighted by atomic mass is 16.5. The van der Waals surface area contributed by atoms with E-state index >= 15 is 0 Å². The molecule has 1 aromatic heterocycles. The van der Waals surface area contributed by atoms with Gasteiger partial charge >= 0.3 is 0 Å². The number of fused-ring (bicyclic) bond motifs is 1. The van der Waals surface area contributed by atoms with Gasteiger partial charge in [0.2, 0.25) is 5.88 Å². The Bertz CT molecular complexity index is 872. The minimum absolute atomic E-state index is 0.524. The lowest BCUT2D eigenvalue weighted by molar-refractivity contribution is 0.375. The van der Waals surface area contributed by atoms with Gasteiger partial charge in [0.15, 0.2) is 11.5 Å². The number of allylic oxidation sites excluding steroid dienone is 1. The van der Waals surface area contributed by atoms with Gasteiger partial charge in [-0.3, -0.25) is 0 Å². The zero-order chi connectivity index (χ0) is 16.2. The third-order valence-electron chi connectivity index (χ3n) is 3.51. The third-order valence-corrected chi connectivity index (χ3v) is 3.51. The fourth-order valence-electron chi connectivity index (χ4n) is 2.40. The fraction of sp³-hybridized carbons (Fsp3) is 0.158. The second kappa shape index (κ2) is 6.48. The van der Waals surface area contributed by atoms with E-state index in [1.54, 1.807) is 7.11 Å². The fourth-order valence-corrected chi connectivity index (χ4v) is 2.40. The van der Waals surface area contributed by atoms with Gasteiger partial charge < -0.3 is 9.47 Å². The Labute approximate surface area is 135 Å². The molecule has 0 radical (unpaired) electrons. The molecule has 116 valence electrons. The van der Waals surface area contributed by atoms with Gasteiger partial charge in [-0.25, -0.2) is 9.97 Å². The van der Waals surface area contributed by atoms with Crippen LogP contribution in [0.5, 0.6) is 17.4 Å². The van der Waals surface area contributed by atoms with Gasteiger partial charge in [0.05, 0.1) is 18.0 Å². The maximum absolute atomic E-state index is 6.00. The van der Waals surface area contributed by atoms with Crippen molar-refractivity contribution in [2.24, 2.45) is 0 Å². The van der Waals surface area contributed by atoms with Crippen molar-refractivity contribution in [2.75, 3.05) is 7.11 Å². The van der Waals surface area contributed by atoms with E-state index < -0.39 is 0 Å². The number of aromatic nitrogens is 2. The van der Waals surface area contributed by atoms with E-state index in [0.717, 1.165) is 22.0 Å². The maximum atomic E-state index is 6.00. The predicted octanol–water partition coefficient (Wildman–Crippen LogP) is 4.77. The topological polar surface area (TPSA) is 44.2 Å². The highest BCUT2D eigenvalue weighted by molar-refractivity contribution is 5.84.